The molecule has 0 spiro atoms. The minimum absolute atomic E-state index is 0.0509. The molecule has 0 aliphatic heterocycles. The molecule has 0 atom stereocenters. The molecule has 2 aromatic rings. The van der Waals surface area contributed by atoms with Gasteiger partial charge < -0.3 is 5.11 Å². The Kier molecular flexibility index (Phi) is 3.75. The molecule has 1 aromatic heterocycles. The van der Waals surface area contributed by atoms with Gasteiger partial charge in [-0.2, -0.15) is 0 Å². The van der Waals surface area contributed by atoms with Gasteiger partial charge in [0, 0.05) is 9.37 Å². The lowest BCUT2D eigenvalue weighted by Crippen LogP contribution is -2.01. The van der Waals surface area contributed by atoms with E-state index < -0.39 is 5.97 Å². The maximum atomic E-state index is 10.7. The van der Waals surface area contributed by atoms with Gasteiger partial charge in [-0.1, -0.05) is 33.8 Å². The fraction of sp³-hybridized carbons (Fsp3) is 0. The number of rotatable bonds is 3. The molecule has 1 N–H and O–H groups in total. The van der Waals surface area contributed by atoms with Crippen LogP contribution in [0.3, 0.4) is 0 Å². The van der Waals surface area contributed by atoms with Crippen molar-refractivity contribution < 1.29 is 9.90 Å². The highest BCUT2D eigenvalue weighted by molar-refractivity contribution is 9.10. The van der Waals surface area contributed by atoms with Crippen LogP contribution >= 0.6 is 27.7 Å². The monoisotopic (exact) mass is 310 g/mol. The molecular weight excluding hydrogens is 304 g/mol. The van der Waals surface area contributed by atoms with Crippen LogP contribution in [-0.4, -0.2) is 21.0 Å². The Morgan fingerprint density at radius 2 is 2.18 bits per heavy atom. The predicted octanol–water partition coefficient (Wildman–Crippen LogP) is 3.09. The van der Waals surface area contributed by atoms with Crippen molar-refractivity contribution in [2.75, 3.05) is 0 Å². The van der Waals surface area contributed by atoms with Crippen LogP contribution in [0.5, 0.6) is 0 Å². The second-order valence-electron chi connectivity index (χ2n) is 3.11. The Bertz CT molecular complexity index is 563. The number of carbonyl (C=O) groups is 1. The molecule has 0 saturated carbocycles. The van der Waals surface area contributed by atoms with Crippen LogP contribution in [0.1, 0.15) is 10.5 Å². The van der Waals surface area contributed by atoms with Crippen LogP contribution in [0.25, 0.3) is 0 Å². The molecule has 0 bridgehead atoms. The highest BCUT2D eigenvalue weighted by Gasteiger charge is 2.07. The van der Waals surface area contributed by atoms with Crippen LogP contribution in [0.2, 0.25) is 0 Å². The fourth-order valence-corrected chi connectivity index (χ4v) is 2.53. The van der Waals surface area contributed by atoms with Gasteiger partial charge in [-0.3, -0.25) is 4.98 Å². The molecule has 4 nitrogen and oxygen atoms in total. The van der Waals surface area contributed by atoms with Crippen molar-refractivity contribution in [3.8, 4) is 0 Å². The number of nitrogens with zero attached hydrogens (tertiary/aromatic N) is 2. The summed E-state index contributed by atoms with van der Waals surface area (Å²) in [4.78, 5) is 19.5. The minimum atomic E-state index is -1.07. The number of aromatic carboxylic acids is 1. The lowest BCUT2D eigenvalue weighted by Gasteiger charge is -2.01. The van der Waals surface area contributed by atoms with Gasteiger partial charge in [0.2, 0.25) is 0 Å². The summed E-state index contributed by atoms with van der Waals surface area (Å²) in [6.07, 6.45) is 2.77. The van der Waals surface area contributed by atoms with Crippen molar-refractivity contribution in [1.82, 2.24) is 9.97 Å². The average Bonchev–Trinajstić information content (AvgIpc) is 2.29. The molecule has 17 heavy (non-hydrogen) atoms. The second kappa shape index (κ2) is 5.29. The molecule has 0 unspecified atom stereocenters. The molecule has 1 heterocycles. The van der Waals surface area contributed by atoms with E-state index in [1.807, 2.05) is 24.3 Å². The van der Waals surface area contributed by atoms with E-state index >= 15 is 0 Å². The number of carboxylic acids is 1. The second-order valence-corrected chi connectivity index (χ2v) is 5.12. The molecule has 0 saturated heterocycles. The normalized spacial score (nSPS) is 10.2. The average molecular weight is 311 g/mol. The van der Waals surface area contributed by atoms with Crippen LogP contribution in [-0.2, 0) is 0 Å². The molecule has 1 aromatic carbocycles. The van der Waals surface area contributed by atoms with E-state index in [9.17, 15) is 4.79 Å². The lowest BCUT2D eigenvalue weighted by atomic mass is 10.4. The predicted molar refractivity (Wildman–Crippen MR) is 67.3 cm³/mol. The summed E-state index contributed by atoms with van der Waals surface area (Å²) >= 11 is 4.74. The summed E-state index contributed by atoms with van der Waals surface area (Å²) in [5.74, 6) is -1.07. The third-order valence-corrected chi connectivity index (χ3v) is 3.24. The molecule has 0 fully saturated rings. The van der Waals surface area contributed by atoms with E-state index in [-0.39, 0.29) is 5.69 Å². The summed E-state index contributed by atoms with van der Waals surface area (Å²) in [5, 5.41) is 9.36. The zero-order chi connectivity index (χ0) is 12.3. The van der Waals surface area contributed by atoms with Crippen molar-refractivity contribution >= 4 is 33.7 Å². The molecular formula is C11H7BrN2O2S. The number of hydrogen-bond acceptors (Lipinski definition) is 4. The van der Waals surface area contributed by atoms with Gasteiger partial charge in [0.05, 0.1) is 12.4 Å². The first-order valence-electron chi connectivity index (χ1n) is 4.64. The Labute approximate surface area is 110 Å². The first-order chi connectivity index (χ1) is 8.15. The van der Waals surface area contributed by atoms with Gasteiger partial charge in [-0.05, 0) is 18.2 Å². The summed E-state index contributed by atoms with van der Waals surface area (Å²) in [6.45, 7) is 0. The Morgan fingerprint density at radius 1 is 1.35 bits per heavy atom. The lowest BCUT2D eigenvalue weighted by molar-refractivity contribution is 0.0689. The third kappa shape index (κ3) is 3.28. The zero-order valence-corrected chi connectivity index (χ0v) is 10.9. The number of aromatic nitrogens is 2. The van der Waals surface area contributed by atoms with E-state index in [1.54, 1.807) is 0 Å². The van der Waals surface area contributed by atoms with Gasteiger partial charge in [-0.15, -0.1) is 0 Å². The van der Waals surface area contributed by atoms with Crippen molar-refractivity contribution in [3.63, 3.8) is 0 Å². The van der Waals surface area contributed by atoms with Gasteiger partial charge in [-0.25, -0.2) is 9.78 Å². The highest BCUT2D eigenvalue weighted by Crippen LogP contribution is 2.27. The molecule has 0 aliphatic rings. The van der Waals surface area contributed by atoms with Crippen LogP contribution in [0.15, 0.2) is 51.1 Å². The standard InChI is InChI=1S/C11H7BrN2O2S/c12-7-2-1-3-8(4-7)17-10-6-13-5-9(14-10)11(15)16/h1-6H,(H,15,16). The topological polar surface area (TPSA) is 63.1 Å². The number of halogens is 1. The number of hydrogen-bond donors (Lipinski definition) is 1. The highest BCUT2D eigenvalue weighted by atomic mass is 79.9. The van der Waals surface area contributed by atoms with Crippen molar-refractivity contribution in [2.45, 2.75) is 9.92 Å². The summed E-state index contributed by atoms with van der Waals surface area (Å²) in [5.41, 5.74) is -0.0509. The first kappa shape index (κ1) is 12.1. The molecule has 0 amide bonds. The van der Waals surface area contributed by atoms with Gasteiger partial charge in [0.15, 0.2) is 5.69 Å². The van der Waals surface area contributed by atoms with E-state index in [0.29, 0.717) is 5.03 Å². The largest absolute Gasteiger partial charge is 0.476 e. The fourth-order valence-electron chi connectivity index (χ4n) is 1.15. The van der Waals surface area contributed by atoms with Crippen LogP contribution in [0.4, 0.5) is 0 Å². The van der Waals surface area contributed by atoms with E-state index in [2.05, 4.69) is 25.9 Å². The van der Waals surface area contributed by atoms with Crippen LogP contribution in [0, 0.1) is 0 Å². The SMILES string of the molecule is O=C(O)c1cncc(Sc2cccc(Br)c2)n1. The van der Waals surface area contributed by atoms with E-state index in [0.717, 1.165) is 9.37 Å². The van der Waals surface area contributed by atoms with Crippen LogP contribution < -0.4 is 0 Å². The minimum Gasteiger partial charge on any atom is -0.476 e. The Morgan fingerprint density at radius 3 is 2.88 bits per heavy atom. The molecule has 0 aliphatic carbocycles. The quantitative estimate of drug-likeness (QED) is 0.944. The summed E-state index contributed by atoms with van der Waals surface area (Å²) in [6, 6.07) is 7.68. The maximum Gasteiger partial charge on any atom is 0.356 e. The molecule has 86 valence electrons. The van der Waals surface area contributed by atoms with Crippen molar-refractivity contribution in [1.29, 1.82) is 0 Å². The number of carboxylic acid groups (broad SMARTS) is 1. The van der Waals surface area contributed by atoms with Gasteiger partial charge in [0.1, 0.15) is 5.03 Å². The summed E-state index contributed by atoms with van der Waals surface area (Å²) < 4.78 is 0.963. The van der Waals surface area contributed by atoms with Crippen molar-refractivity contribution in [3.05, 3.63) is 46.8 Å². The smallest absolute Gasteiger partial charge is 0.356 e. The zero-order valence-electron chi connectivity index (χ0n) is 8.50. The van der Waals surface area contributed by atoms with E-state index in [1.165, 1.54) is 24.2 Å². The molecule has 6 heteroatoms. The Balaban J connectivity index is 2.24. The first-order valence-corrected chi connectivity index (χ1v) is 6.25. The molecule has 0 radical (unpaired) electrons. The maximum absolute atomic E-state index is 10.7. The van der Waals surface area contributed by atoms with Gasteiger partial charge in [0.25, 0.3) is 0 Å². The van der Waals surface area contributed by atoms with E-state index in [4.69, 9.17) is 5.11 Å². The third-order valence-electron chi connectivity index (χ3n) is 1.85. The number of benzene rings is 1. The summed E-state index contributed by atoms with van der Waals surface area (Å²) in [7, 11) is 0. The Hall–Kier alpha value is -1.40. The molecule has 2 rings (SSSR count). The van der Waals surface area contributed by atoms with Crippen molar-refractivity contribution in [2.24, 2.45) is 0 Å². The van der Waals surface area contributed by atoms with Gasteiger partial charge >= 0.3 is 5.97 Å².